The number of likely N-dealkylation sites (tertiary alicyclic amines) is 1. The van der Waals surface area contributed by atoms with Gasteiger partial charge >= 0.3 is 12.0 Å². The van der Waals surface area contributed by atoms with Crippen molar-refractivity contribution in [3.8, 4) is 22.5 Å². The Morgan fingerprint density at radius 3 is 2.60 bits per heavy atom. The fourth-order valence-corrected chi connectivity index (χ4v) is 10.3. The molecular formula is C47H65N9O6S. The largest absolute Gasteiger partial charge is 0.464 e. The summed E-state index contributed by atoms with van der Waals surface area (Å²) in [6.45, 7) is 15.0. The molecule has 0 unspecified atom stereocenters. The van der Waals surface area contributed by atoms with Gasteiger partial charge in [-0.25, -0.2) is 15.2 Å². The van der Waals surface area contributed by atoms with Gasteiger partial charge < -0.3 is 34.1 Å². The minimum atomic E-state index is -1.04. The quantitative estimate of drug-likeness (QED) is 0.194. The molecule has 2 fully saturated rings. The van der Waals surface area contributed by atoms with Gasteiger partial charge in [0.05, 0.1) is 34.8 Å². The molecule has 0 spiro atoms. The predicted molar refractivity (Wildman–Crippen MR) is 245 cm³/mol. The molecule has 3 aliphatic heterocycles. The lowest BCUT2D eigenvalue weighted by atomic mass is 9.84. The number of fused-ring (bicyclic) bond motifs is 6. The Hall–Kier alpha value is -4.90. The molecule has 63 heavy (non-hydrogen) atoms. The molecule has 5 atom stereocenters. The van der Waals surface area contributed by atoms with Crippen LogP contribution >= 0.6 is 11.3 Å². The minimum absolute atomic E-state index is 0.0405. The summed E-state index contributed by atoms with van der Waals surface area (Å²) in [5.74, 6) is -1.52. The van der Waals surface area contributed by atoms with Crippen LogP contribution < -0.4 is 10.7 Å². The molecule has 4 aromatic rings. The van der Waals surface area contributed by atoms with Gasteiger partial charge in [0.15, 0.2) is 0 Å². The summed E-state index contributed by atoms with van der Waals surface area (Å²) in [7, 11) is 7.16. The van der Waals surface area contributed by atoms with Gasteiger partial charge in [0.25, 0.3) is 5.91 Å². The number of benzene rings is 1. The number of hydrogen-bond acceptors (Lipinski definition) is 11. The number of ether oxygens (including phenoxy) is 2. The second kappa shape index (κ2) is 19.1. The van der Waals surface area contributed by atoms with Crippen molar-refractivity contribution in [2.45, 2.75) is 110 Å². The number of likely N-dealkylation sites (N-methyl/N-ethyl adjacent to an activating group) is 3. The third kappa shape index (κ3) is 9.64. The maximum Gasteiger partial charge on any atom is 0.324 e. The predicted octanol–water partition coefficient (Wildman–Crippen LogP) is 5.91. The third-order valence-electron chi connectivity index (χ3n) is 13.0. The standard InChI is InChI=1S/C47H65N9O6S/c1-11-55-38-17-16-30-22-33(38)34(42(55)32-14-12-19-48-40(32)29(4)61-10)24-47(5,6)27-62-45(59)35-15-13-20-56(51-35)44(58)36(23-39-49-37(30)26-63-39)50-43(57)41(28(2)3)54(9)46(60)53(8)31-18-21-52(7)25-31/h12,14,16-17,19,22,26,28-29,31,35-36,41,51H,11,13,15,18,20-21,23-25,27H2,1-10H3,(H,50,57)/t29-,31-,35-,36-,41-/m0/s1. The van der Waals surface area contributed by atoms with Crippen molar-refractivity contribution in [3.05, 3.63) is 58.2 Å². The van der Waals surface area contributed by atoms with Crippen LogP contribution in [0.15, 0.2) is 41.9 Å². The summed E-state index contributed by atoms with van der Waals surface area (Å²) in [6.07, 6.45) is 4.16. The molecule has 15 nitrogen and oxygen atoms in total. The molecule has 1 aromatic carbocycles. The highest BCUT2D eigenvalue weighted by molar-refractivity contribution is 7.10. The molecule has 0 aliphatic carbocycles. The molecule has 6 heterocycles. The number of esters is 1. The number of aryl methyl sites for hydroxylation is 1. The highest BCUT2D eigenvalue weighted by Crippen LogP contribution is 2.42. The normalized spacial score (nSPS) is 21.8. The lowest BCUT2D eigenvalue weighted by Gasteiger charge is -2.37. The first-order valence-electron chi connectivity index (χ1n) is 22.3. The highest BCUT2D eigenvalue weighted by atomic mass is 32.1. The van der Waals surface area contributed by atoms with Gasteiger partial charge in [-0.1, -0.05) is 33.8 Å². The number of carbonyl (C=O) groups excluding carboxylic acids is 4. The number of rotatable bonds is 9. The van der Waals surface area contributed by atoms with E-state index in [-0.39, 0.29) is 37.1 Å². The number of methoxy groups -OCH3 is 1. The summed E-state index contributed by atoms with van der Waals surface area (Å²) in [5, 5.41) is 8.22. The lowest BCUT2D eigenvalue weighted by molar-refractivity contribution is -0.155. The van der Waals surface area contributed by atoms with E-state index in [1.807, 2.05) is 39.3 Å². The average molecular weight is 884 g/mol. The molecule has 2 N–H and O–H groups in total. The monoisotopic (exact) mass is 883 g/mol. The third-order valence-corrected chi connectivity index (χ3v) is 13.9. The van der Waals surface area contributed by atoms with E-state index in [9.17, 15) is 19.2 Å². The summed E-state index contributed by atoms with van der Waals surface area (Å²) in [4.78, 5) is 72.0. The number of carbonyl (C=O) groups is 4. The Kier molecular flexibility index (Phi) is 13.9. The van der Waals surface area contributed by atoms with Crippen LogP contribution in [0.3, 0.4) is 0 Å². The fraction of sp³-hybridized carbons (Fsp3) is 0.574. The van der Waals surface area contributed by atoms with Crippen molar-refractivity contribution in [2.75, 3.05) is 54.5 Å². The van der Waals surface area contributed by atoms with E-state index in [2.05, 4.69) is 65.2 Å². The Bertz CT molecular complexity index is 2320. The minimum Gasteiger partial charge on any atom is -0.464 e. The summed E-state index contributed by atoms with van der Waals surface area (Å²) >= 11 is 1.43. The van der Waals surface area contributed by atoms with Gasteiger partial charge in [-0.05, 0) is 88.9 Å². The van der Waals surface area contributed by atoms with E-state index in [1.54, 1.807) is 32.3 Å². The molecule has 2 saturated heterocycles. The van der Waals surface area contributed by atoms with Crippen molar-refractivity contribution in [1.82, 2.24) is 45.0 Å². The van der Waals surface area contributed by atoms with E-state index in [0.717, 1.165) is 64.2 Å². The van der Waals surface area contributed by atoms with Crippen molar-refractivity contribution >= 4 is 46.1 Å². The number of nitrogens with one attached hydrogen (secondary N) is 2. The number of nitrogens with zero attached hydrogens (tertiary/aromatic N) is 7. The number of amides is 4. The molecule has 16 heteroatoms. The Morgan fingerprint density at radius 1 is 1.13 bits per heavy atom. The first-order chi connectivity index (χ1) is 30.0. The summed E-state index contributed by atoms with van der Waals surface area (Å²) < 4.78 is 14.2. The number of hydrogen-bond donors (Lipinski definition) is 2. The molecule has 0 radical (unpaired) electrons. The van der Waals surface area contributed by atoms with Crippen LogP contribution in [0.2, 0.25) is 0 Å². The molecule has 3 aromatic heterocycles. The van der Waals surface area contributed by atoms with Crippen molar-refractivity contribution in [2.24, 2.45) is 11.3 Å². The van der Waals surface area contributed by atoms with Gasteiger partial charge in [-0.15, -0.1) is 11.3 Å². The maximum absolute atomic E-state index is 14.6. The van der Waals surface area contributed by atoms with Crippen LogP contribution in [-0.2, 0) is 43.2 Å². The zero-order valence-electron chi connectivity index (χ0n) is 38.6. The average Bonchev–Trinajstić information content (AvgIpc) is 4.01. The molecule has 3 aliphatic rings. The molecule has 0 saturated carbocycles. The smallest absolute Gasteiger partial charge is 0.324 e. The molecule has 6 bridgehead atoms. The van der Waals surface area contributed by atoms with Crippen LogP contribution in [-0.4, -0.2) is 137 Å². The van der Waals surface area contributed by atoms with Crippen LogP contribution in [0.25, 0.3) is 33.4 Å². The van der Waals surface area contributed by atoms with E-state index < -0.39 is 41.3 Å². The number of thiazole rings is 1. The van der Waals surface area contributed by atoms with Crippen LogP contribution in [0, 0.1) is 11.3 Å². The summed E-state index contributed by atoms with van der Waals surface area (Å²) in [5.41, 5.74) is 9.40. The Balaban J connectivity index is 1.28. The van der Waals surface area contributed by atoms with Crippen molar-refractivity contribution in [3.63, 3.8) is 0 Å². The first kappa shape index (κ1) is 46.1. The molecule has 4 amide bonds. The van der Waals surface area contributed by atoms with Gasteiger partial charge in [-0.3, -0.25) is 24.4 Å². The van der Waals surface area contributed by atoms with E-state index in [0.29, 0.717) is 37.4 Å². The lowest BCUT2D eigenvalue weighted by Crippen LogP contribution is -2.62. The first-order valence-corrected chi connectivity index (χ1v) is 23.2. The van der Waals surface area contributed by atoms with Gasteiger partial charge in [-0.2, -0.15) is 0 Å². The Morgan fingerprint density at radius 2 is 1.90 bits per heavy atom. The van der Waals surface area contributed by atoms with Gasteiger partial charge in [0, 0.05) is 92.3 Å². The van der Waals surface area contributed by atoms with E-state index in [4.69, 9.17) is 19.4 Å². The van der Waals surface area contributed by atoms with Crippen LogP contribution in [0.1, 0.15) is 83.2 Å². The highest BCUT2D eigenvalue weighted by Gasteiger charge is 2.39. The van der Waals surface area contributed by atoms with Crippen LogP contribution in [0.4, 0.5) is 4.79 Å². The van der Waals surface area contributed by atoms with Crippen molar-refractivity contribution in [1.29, 1.82) is 0 Å². The maximum atomic E-state index is 14.6. The summed E-state index contributed by atoms with van der Waals surface area (Å²) in [6, 6.07) is 7.60. The molecule has 340 valence electrons. The van der Waals surface area contributed by atoms with Gasteiger partial charge in [0.2, 0.25) is 5.91 Å². The number of cyclic esters (lactones) is 1. The molecular weight excluding hydrogens is 819 g/mol. The number of urea groups is 1. The molecule has 7 rings (SSSR count). The second-order valence-corrected chi connectivity index (χ2v) is 19.6. The second-order valence-electron chi connectivity index (χ2n) is 18.7. The Labute approximate surface area is 375 Å². The topological polar surface area (TPSA) is 154 Å². The van der Waals surface area contributed by atoms with Crippen molar-refractivity contribution < 1.29 is 28.7 Å². The number of hydrazine groups is 1. The fourth-order valence-electron chi connectivity index (χ4n) is 9.50. The number of pyridine rings is 1. The van der Waals surface area contributed by atoms with Gasteiger partial charge in [0.1, 0.15) is 18.1 Å². The van der Waals surface area contributed by atoms with E-state index >= 15 is 0 Å². The zero-order valence-corrected chi connectivity index (χ0v) is 39.4. The van der Waals surface area contributed by atoms with Crippen LogP contribution in [0.5, 0.6) is 0 Å². The van der Waals surface area contributed by atoms with E-state index in [1.165, 1.54) is 21.2 Å². The SMILES string of the molecule is CCn1c(-c2cccnc2[C@H](C)OC)c2c3cc(ccc31)-c1csc(n1)C[C@H](NC(=O)[C@H](C(C)C)N(C)C(=O)N(C)[C@H]1CCN(C)C1)C(=O)N1CCC[C@H](N1)C(=O)OCC(C)(C)C2. The number of aromatic nitrogens is 3. The zero-order chi connectivity index (χ0) is 45.3.